The van der Waals surface area contributed by atoms with Gasteiger partial charge in [-0.15, -0.1) is 0 Å². The van der Waals surface area contributed by atoms with Crippen molar-refractivity contribution in [3.05, 3.63) is 17.5 Å². The Balaban J connectivity index is 1.73. The molecule has 0 unspecified atom stereocenters. The van der Waals surface area contributed by atoms with Crippen LogP contribution in [0.4, 0.5) is 0 Å². The number of aromatic nitrogens is 2. The highest BCUT2D eigenvalue weighted by molar-refractivity contribution is 5.92. The quantitative estimate of drug-likeness (QED) is 0.833. The van der Waals surface area contributed by atoms with Crippen molar-refractivity contribution < 1.29 is 9.59 Å². The van der Waals surface area contributed by atoms with Crippen molar-refractivity contribution in [3.8, 4) is 0 Å². The summed E-state index contributed by atoms with van der Waals surface area (Å²) in [5, 5.41) is 4.43. The van der Waals surface area contributed by atoms with Gasteiger partial charge in [-0.2, -0.15) is 5.10 Å². The standard InChI is InChI=1S/C18H28N4O2/c1-4-22-13(2)11-16(19-22)18(24)20-10-8-17-15(12-20)7-5-6-9-21(17)14(3)23/h11,15,17H,4-10,12H2,1-3H3/t15-,17-/m1/s1. The van der Waals surface area contributed by atoms with Gasteiger partial charge in [0, 0.05) is 44.8 Å². The molecule has 0 N–H and O–H groups in total. The fourth-order valence-corrected chi connectivity index (χ4v) is 4.24. The van der Waals surface area contributed by atoms with E-state index in [2.05, 4.69) is 5.10 Å². The van der Waals surface area contributed by atoms with Crippen molar-refractivity contribution in [2.45, 2.75) is 59.0 Å². The molecule has 6 nitrogen and oxygen atoms in total. The van der Waals surface area contributed by atoms with E-state index in [1.165, 1.54) is 0 Å². The van der Waals surface area contributed by atoms with Crippen molar-refractivity contribution in [2.75, 3.05) is 19.6 Å². The van der Waals surface area contributed by atoms with E-state index >= 15 is 0 Å². The Hall–Kier alpha value is -1.85. The van der Waals surface area contributed by atoms with Crippen LogP contribution in [0.5, 0.6) is 0 Å². The average Bonchev–Trinajstić information content (AvgIpc) is 2.81. The van der Waals surface area contributed by atoms with Gasteiger partial charge in [-0.05, 0) is 45.1 Å². The van der Waals surface area contributed by atoms with Crippen LogP contribution < -0.4 is 0 Å². The Bertz CT molecular complexity index is 625. The van der Waals surface area contributed by atoms with Crippen molar-refractivity contribution in [1.29, 1.82) is 0 Å². The molecule has 1 aromatic heterocycles. The van der Waals surface area contributed by atoms with Crippen LogP contribution in [-0.4, -0.2) is 57.1 Å². The fraction of sp³-hybridized carbons (Fsp3) is 0.722. The zero-order valence-electron chi connectivity index (χ0n) is 15.0. The van der Waals surface area contributed by atoms with Crippen LogP contribution >= 0.6 is 0 Å². The van der Waals surface area contributed by atoms with E-state index in [4.69, 9.17) is 0 Å². The molecule has 2 atom stereocenters. The number of carbonyl (C=O) groups is 2. The first-order chi connectivity index (χ1) is 11.5. The fourth-order valence-electron chi connectivity index (χ4n) is 4.24. The number of fused-ring (bicyclic) bond motifs is 1. The van der Waals surface area contributed by atoms with Crippen LogP contribution in [0.2, 0.25) is 0 Å². The van der Waals surface area contributed by atoms with Gasteiger partial charge in [0.05, 0.1) is 0 Å². The maximum atomic E-state index is 12.8. The van der Waals surface area contributed by atoms with E-state index in [0.29, 0.717) is 24.2 Å². The third kappa shape index (κ3) is 3.19. The van der Waals surface area contributed by atoms with Gasteiger partial charge in [0.25, 0.3) is 5.91 Å². The highest BCUT2D eigenvalue weighted by Gasteiger charge is 2.37. The predicted molar refractivity (Wildman–Crippen MR) is 91.7 cm³/mol. The predicted octanol–water partition coefficient (Wildman–Crippen LogP) is 2.07. The summed E-state index contributed by atoms with van der Waals surface area (Å²) in [6.45, 7) is 8.77. The third-order valence-electron chi connectivity index (χ3n) is 5.51. The molecule has 2 aliphatic heterocycles. The lowest BCUT2D eigenvalue weighted by atomic mass is 9.88. The molecule has 0 saturated carbocycles. The molecule has 2 fully saturated rings. The third-order valence-corrected chi connectivity index (χ3v) is 5.51. The lowest BCUT2D eigenvalue weighted by Gasteiger charge is -2.42. The second kappa shape index (κ2) is 6.95. The molecular formula is C18H28N4O2. The van der Waals surface area contributed by atoms with E-state index in [1.807, 2.05) is 34.4 Å². The minimum Gasteiger partial charge on any atom is -0.340 e. The molecule has 132 valence electrons. The Morgan fingerprint density at radius 2 is 2.04 bits per heavy atom. The van der Waals surface area contributed by atoms with Gasteiger partial charge < -0.3 is 9.80 Å². The molecule has 0 radical (unpaired) electrons. The summed E-state index contributed by atoms with van der Waals surface area (Å²) in [5.41, 5.74) is 1.57. The Morgan fingerprint density at radius 1 is 1.25 bits per heavy atom. The summed E-state index contributed by atoms with van der Waals surface area (Å²) in [5.74, 6) is 0.592. The highest BCUT2D eigenvalue weighted by Crippen LogP contribution is 2.30. The molecule has 0 spiro atoms. The summed E-state index contributed by atoms with van der Waals surface area (Å²) in [6, 6.07) is 2.18. The van der Waals surface area contributed by atoms with Crippen molar-refractivity contribution in [3.63, 3.8) is 0 Å². The lowest BCUT2D eigenvalue weighted by molar-refractivity contribution is -0.132. The molecule has 0 aliphatic carbocycles. The largest absolute Gasteiger partial charge is 0.340 e. The van der Waals surface area contributed by atoms with Crippen molar-refractivity contribution in [1.82, 2.24) is 19.6 Å². The number of aryl methyl sites for hydroxylation is 2. The van der Waals surface area contributed by atoms with Gasteiger partial charge in [0.1, 0.15) is 0 Å². The zero-order valence-corrected chi connectivity index (χ0v) is 15.0. The number of nitrogens with zero attached hydrogens (tertiary/aromatic N) is 4. The number of piperidine rings is 1. The number of hydrogen-bond acceptors (Lipinski definition) is 3. The summed E-state index contributed by atoms with van der Waals surface area (Å²) in [4.78, 5) is 28.8. The minimum atomic E-state index is 0.0300. The second-order valence-corrected chi connectivity index (χ2v) is 7.06. The second-order valence-electron chi connectivity index (χ2n) is 7.06. The average molecular weight is 332 g/mol. The summed E-state index contributed by atoms with van der Waals surface area (Å²) in [7, 11) is 0. The van der Waals surface area contributed by atoms with Gasteiger partial charge in [-0.1, -0.05) is 6.42 Å². The Morgan fingerprint density at radius 3 is 2.71 bits per heavy atom. The minimum absolute atomic E-state index is 0.0300. The molecule has 2 saturated heterocycles. The maximum absolute atomic E-state index is 12.8. The number of carbonyl (C=O) groups excluding carboxylic acids is 2. The maximum Gasteiger partial charge on any atom is 0.274 e. The SMILES string of the molecule is CCn1nc(C(=O)N2CC[C@@H]3[C@H](CCCCN3C(C)=O)C2)cc1C. The first-order valence-electron chi connectivity index (χ1n) is 9.12. The molecule has 2 amide bonds. The normalized spacial score (nSPS) is 24.5. The van der Waals surface area contributed by atoms with Crippen LogP contribution in [0.1, 0.15) is 55.7 Å². The van der Waals surface area contributed by atoms with Gasteiger partial charge in [-0.25, -0.2) is 0 Å². The first-order valence-corrected chi connectivity index (χ1v) is 9.12. The Labute approximate surface area is 143 Å². The van der Waals surface area contributed by atoms with Gasteiger partial charge in [-0.3, -0.25) is 14.3 Å². The molecule has 2 aliphatic rings. The highest BCUT2D eigenvalue weighted by atomic mass is 16.2. The van der Waals surface area contributed by atoms with Gasteiger partial charge in [0.2, 0.25) is 5.91 Å². The molecule has 3 heterocycles. The van der Waals surface area contributed by atoms with Crippen LogP contribution in [0.25, 0.3) is 0 Å². The summed E-state index contributed by atoms with van der Waals surface area (Å²) >= 11 is 0. The molecule has 0 aromatic carbocycles. The van der Waals surface area contributed by atoms with Crippen LogP contribution in [0.15, 0.2) is 6.07 Å². The van der Waals surface area contributed by atoms with Crippen LogP contribution in [-0.2, 0) is 11.3 Å². The molecule has 1 aromatic rings. The molecular weight excluding hydrogens is 304 g/mol. The van der Waals surface area contributed by atoms with E-state index in [0.717, 1.165) is 51.0 Å². The zero-order chi connectivity index (χ0) is 17.3. The van der Waals surface area contributed by atoms with Crippen LogP contribution in [0.3, 0.4) is 0 Å². The number of hydrogen-bond donors (Lipinski definition) is 0. The van der Waals surface area contributed by atoms with Crippen molar-refractivity contribution in [2.24, 2.45) is 5.92 Å². The molecule has 0 bridgehead atoms. The lowest BCUT2D eigenvalue weighted by Crippen LogP contribution is -2.53. The molecule has 3 rings (SSSR count). The molecule has 6 heteroatoms. The van der Waals surface area contributed by atoms with E-state index in [-0.39, 0.29) is 11.8 Å². The molecule has 24 heavy (non-hydrogen) atoms. The summed E-state index contributed by atoms with van der Waals surface area (Å²) < 4.78 is 1.86. The topological polar surface area (TPSA) is 58.4 Å². The van der Waals surface area contributed by atoms with Gasteiger partial charge >= 0.3 is 0 Å². The van der Waals surface area contributed by atoms with E-state index in [9.17, 15) is 9.59 Å². The number of amides is 2. The number of likely N-dealkylation sites (tertiary alicyclic amines) is 2. The summed E-state index contributed by atoms with van der Waals surface area (Å²) in [6.07, 6.45) is 4.18. The number of rotatable bonds is 2. The van der Waals surface area contributed by atoms with Gasteiger partial charge in [0.15, 0.2) is 5.69 Å². The monoisotopic (exact) mass is 332 g/mol. The van der Waals surface area contributed by atoms with E-state index < -0.39 is 0 Å². The smallest absolute Gasteiger partial charge is 0.274 e. The first kappa shape index (κ1) is 17.0. The Kier molecular flexibility index (Phi) is 4.92. The van der Waals surface area contributed by atoms with Crippen molar-refractivity contribution >= 4 is 11.8 Å². The van der Waals surface area contributed by atoms with E-state index in [1.54, 1.807) is 6.92 Å². The van der Waals surface area contributed by atoms with Crippen LogP contribution in [0, 0.1) is 12.8 Å².